The molecule has 1 saturated carbocycles. The van der Waals surface area contributed by atoms with E-state index in [1.54, 1.807) is 32.0 Å². The van der Waals surface area contributed by atoms with Gasteiger partial charge in [-0.1, -0.05) is 45.9 Å². The van der Waals surface area contributed by atoms with Gasteiger partial charge in [0, 0.05) is 30.3 Å². The number of nitro benzene ring substituents is 1. The fraction of sp³-hybridized carbons (Fsp3) is 0.345. The van der Waals surface area contributed by atoms with Crippen LogP contribution in [0.5, 0.6) is 0 Å². The van der Waals surface area contributed by atoms with Gasteiger partial charge in [-0.15, -0.1) is 0 Å². The minimum Gasteiger partial charge on any atom is -0.352 e. The fourth-order valence-corrected chi connectivity index (χ4v) is 4.27. The first-order valence-corrected chi connectivity index (χ1v) is 13.1. The SMILES string of the molecule is CC.CC.Cc1ccc(Nc2c(C)c(=O)n(C)c3c(-c4cccc([N+](=O)[O-])c4)nn(C4CC4)c(=O)c23)c(F)c1. The Morgan fingerprint density at radius 2 is 1.69 bits per heavy atom. The monoisotopic (exact) mass is 535 g/mol. The zero-order valence-electron chi connectivity index (χ0n) is 23.3. The summed E-state index contributed by atoms with van der Waals surface area (Å²) < 4.78 is 17.4. The molecule has 2 aromatic heterocycles. The van der Waals surface area contributed by atoms with Crippen molar-refractivity contribution in [1.29, 1.82) is 0 Å². The van der Waals surface area contributed by atoms with E-state index in [9.17, 15) is 24.1 Å². The summed E-state index contributed by atoms with van der Waals surface area (Å²) in [4.78, 5) is 37.8. The van der Waals surface area contributed by atoms with Crippen LogP contribution >= 0.6 is 0 Å². The van der Waals surface area contributed by atoms with E-state index in [4.69, 9.17) is 0 Å². The maximum absolute atomic E-state index is 14.7. The number of hydrogen-bond acceptors (Lipinski definition) is 6. The number of anilines is 2. The summed E-state index contributed by atoms with van der Waals surface area (Å²) in [6, 6.07) is 10.4. The second-order valence-electron chi connectivity index (χ2n) is 8.83. The van der Waals surface area contributed by atoms with Gasteiger partial charge in [0.05, 0.1) is 33.2 Å². The largest absolute Gasteiger partial charge is 0.352 e. The van der Waals surface area contributed by atoms with Crippen LogP contribution in [-0.4, -0.2) is 19.3 Å². The van der Waals surface area contributed by atoms with Gasteiger partial charge in [0.25, 0.3) is 16.8 Å². The number of nitrogens with zero attached hydrogens (tertiary/aromatic N) is 4. The Bertz CT molecular complexity index is 1650. The summed E-state index contributed by atoms with van der Waals surface area (Å²) in [5.74, 6) is -0.520. The molecule has 4 aromatic rings. The molecule has 10 heteroatoms. The molecule has 206 valence electrons. The van der Waals surface area contributed by atoms with Crippen LogP contribution < -0.4 is 16.4 Å². The number of non-ortho nitro benzene ring substituents is 1. The van der Waals surface area contributed by atoms with E-state index in [1.807, 2.05) is 27.7 Å². The smallest absolute Gasteiger partial charge is 0.278 e. The summed E-state index contributed by atoms with van der Waals surface area (Å²) in [5.41, 5.74) is 1.22. The number of hydrogen-bond donors (Lipinski definition) is 1. The number of halogens is 1. The van der Waals surface area contributed by atoms with Crippen molar-refractivity contribution in [3.05, 3.63) is 90.2 Å². The summed E-state index contributed by atoms with van der Waals surface area (Å²) >= 11 is 0. The number of rotatable bonds is 5. The summed E-state index contributed by atoms with van der Waals surface area (Å²) in [5, 5.41) is 19.1. The van der Waals surface area contributed by atoms with Crippen molar-refractivity contribution in [2.45, 2.75) is 60.4 Å². The van der Waals surface area contributed by atoms with E-state index in [-0.39, 0.29) is 45.3 Å². The number of nitro groups is 1. The summed E-state index contributed by atoms with van der Waals surface area (Å²) in [7, 11) is 1.53. The van der Waals surface area contributed by atoms with Crippen LogP contribution in [0.3, 0.4) is 0 Å². The van der Waals surface area contributed by atoms with Crippen molar-refractivity contribution in [2.75, 3.05) is 5.32 Å². The third-order valence-electron chi connectivity index (χ3n) is 6.28. The maximum Gasteiger partial charge on any atom is 0.278 e. The molecule has 2 aromatic carbocycles. The third-order valence-corrected chi connectivity index (χ3v) is 6.28. The van der Waals surface area contributed by atoms with Crippen LogP contribution in [0.2, 0.25) is 0 Å². The van der Waals surface area contributed by atoms with Gasteiger partial charge < -0.3 is 9.88 Å². The van der Waals surface area contributed by atoms with Crippen molar-refractivity contribution < 1.29 is 9.31 Å². The molecule has 1 aliphatic carbocycles. The van der Waals surface area contributed by atoms with Crippen molar-refractivity contribution in [1.82, 2.24) is 14.3 Å². The Balaban J connectivity index is 0.00000100. The van der Waals surface area contributed by atoms with Crippen molar-refractivity contribution >= 4 is 28.0 Å². The van der Waals surface area contributed by atoms with Gasteiger partial charge in [0.15, 0.2) is 0 Å². The third kappa shape index (κ3) is 5.59. The number of aromatic nitrogens is 3. The van der Waals surface area contributed by atoms with Crippen LogP contribution in [0.1, 0.15) is 57.7 Å². The number of aryl methyl sites for hydroxylation is 2. The molecule has 0 unspecified atom stereocenters. The molecule has 0 amide bonds. The molecule has 0 aliphatic heterocycles. The molecule has 0 radical (unpaired) electrons. The highest BCUT2D eigenvalue weighted by Crippen LogP contribution is 2.37. The van der Waals surface area contributed by atoms with E-state index in [2.05, 4.69) is 10.4 Å². The molecule has 5 rings (SSSR count). The number of fused-ring (bicyclic) bond motifs is 1. The second kappa shape index (κ2) is 12.0. The second-order valence-corrected chi connectivity index (χ2v) is 8.83. The topological polar surface area (TPSA) is 112 Å². The molecule has 0 saturated heterocycles. The predicted octanol–water partition coefficient (Wildman–Crippen LogP) is 6.56. The predicted molar refractivity (Wildman–Crippen MR) is 153 cm³/mol. The van der Waals surface area contributed by atoms with E-state index in [0.29, 0.717) is 5.56 Å². The Kier molecular flexibility index (Phi) is 9.00. The van der Waals surface area contributed by atoms with Gasteiger partial charge in [0.2, 0.25) is 0 Å². The van der Waals surface area contributed by atoms with Crippen LogP contribution in [-0.2, 0) is 7.05 Å². The normalized spacial score (nSPS) is 12.2. The molecular formula is C29H34FN5O4. The summed E-state index contributed by atoms with van der Waals surface area (Å²) in [6.07, 6.45) is 1.54. The number of pyridine rings is 1. The number of benzene rings is 2. The van der Waals surface area contributed by atoms with Crippen LogP contribution in [0, 0.1) is 29.8 Å². The average molecular weight is 536 g/mol. The Morgan fingerprint density at radius 3 is 2.28 bits per heavy atom. The van der Waals surface area contributed by atoms with E-state index < -0.39 is 21.9 Å². The highest BCUT2D eigenvalue weighted by Gasteiger charge is 2.30. The summed E-state index contributed by atoms with van der Waals surface area (Å²) in [6.45, 7) is 11.3. The molecule has 0 bridgehead atoms. The van der Waals surface area contributed by atoms with Crippen molar-refractivity contribution in [3.8, 4) is 11.3 Å². The maximum atomic E-state index is 14.7. The molecule has 1 N–H and O–H groups in total. The minimum atomic E-state index is -0.520. The standard InChI is InChI=1S/C25H22FN5O4.2C2H6/c1-13-7-10-19(18(26)11-13)27-21-14(2)24(32)29(3)23-20(21)25(33)30(16-8-9-16)28-22(23)15-5-4-6-17(12-15)31(34)35;2*1-2/h4-7,10-12,16,27H,8-9H2,1-3H3;2*1-2H3. The first kappa shape index (κ1) is 29.2. The lowest BCUT2D eigenvalue weighted by molar-refractivity contribution is -0.384. The fourth-order valence-electron chi connectivity index (χ4n) is 4.27. The Hall–Kier alpha value is -4.34. The molecule has 1 fully saturated rings. The zero-order valence-corrected chi connectivity index (χ0v) is 23.3. The average Bonchev–Trinajstić information content (AvgIpc) is 3.79. The van der Waals surface area contributed by atoms with Gasteiger partial charge in [0.1, 0.15) is 11.5 Å². The van der Waals surface area contributed by atoms with E-state index in [1.165, 1.54) is 40.6 Å². The molecule has 39 heavy (non-hydrogen) atoms. The van der Waals surface area contributed by atoms with Gasteiger partial charge >= 0.3 is 0 Å². The Morgan fingerprint density at radius 1 is 1.03 bits per heavy atom. The lowest BCUT2D eigenvalue weighted by Gasteiger charge is -2.19. The van der Waals surface area contributed by atoms with E-state index >= 15 is 0 Å². The Labute approximate surface area is 226 Å². The molecule has 9 nitrogen and oxygen atoms in total. The number of nitrogens with one attached hydrogen (secondary N) is 1. The lowest BCUT2D eigenvalue weighted by atomic mass is 10.0. The molecule has 0 atom stereocenters. The molecule has 1 aliphatic rings. The highest BCUT2D eigenvalue weighted by atomic mass is 19.1. The van der Waals surface area contributed by atoms with Gasteiger partial charge in [-0.05, 0) is 44.4 Å². The first-order chi connectivity index (χ1) is 18.7. The van der Waals surface area contributed by atoms with Gasteiger partial charge in [-0.3, -0.25) is 19.7 Å². The van der Waals surface area contributed by atoms with Crippen LogP contribution in [0.15, 0.2) is 52.1 Å². The van der Waals surface area contributed by atoms with E-state index in [0.717, 1.165) is 18.4 Å². The highest BCUT2D eigenvalue weighted by molar-refractivity contribution is 6.00. The zero-order chi connectivity index (χ0) is 29.0. The molecule has 0 spiro atoms. The van der Waals surface area contributed by atoms with Crippen LogP contribution in [0.25, 0.3) is 22.2 Å². The molecule has 2 heterocycles. The lowest BCUT2D eigenvalue weighted by Crippen LogP contribution is -2.29. The van der Waals surface area contributed by atoms with Crippen molar-refractivity contribution in [3.63, 3.8) is 0 Å². The van der Waals surface area contributed by atoms with Crippen molar-refractivity contribution in [2.24, 2.45) is 7.05 Å². The minimum absolute atomic E-state index is 0.106. The van der Waals surface area contributed by atoms with Crippen LogP contribution in [0.4, 0.5) is 21.5 Å². The van der Waals surface area contributed by atoms with Gasteiger partial charge in [-0.2, -0.15) is 5.10 Å². The molecular weight excluding hydrogens is 501 g/mol. The van der Waals surface area contributed by atoms with Gasteiger partial charge in [-0.25, -0.2) is 9.07 Å². The quantitative estimate of drug-likeness (QED) is 0.229. The first-order valence-electron chi connectivity index (χ1n) is 13.1.